The van der Waals surface area contributed by atoms with E-state index in [0.29, 0.717) is 5.25 Å². The molecule has 1 N–H and O–H groups in total. The summed E-state index contributed by atoms with van der Waals surface area (Å²) in [6, 6.07) is 4.14. The van der Waals surface area contributed by atoms with Gasteiger partial charge in [-0.25, -0.2) is 4.98 Å². The van der Waals surface area contributed by atoms with E-state index in [1.54, 1.807) is 18.9 Å². The van der Waals surface area contributed by atoms with Crippen LogP contribution in [0.3, 0.4) is 0 Å². The van der Waals surface area contributed by atoms with Crippen molar-refractivity contribution in [3.8, 4) is 0 Å². The largest absolute Gasteiger partial charge is 0.379 e. The van der Waals surface area contributed by atoms with Crippen molar-refractivity contribution < 1.29 is 4.74 Å². The number of fused-ring (bicyclic) bond motifs is 1. The van der Waals surface area contributed by atoms with E-state index in [4.69, 9.17) is 21.3 Å². The monoisotopic (exact) mass is 482 g/mol. The molecule has 166 valence electrons. The van der Waals surface area contributed by atoms with Crippen LogP contribution in [0.25, 0.3) is 11.0 Å². The molecule has 2 heterocycles. The average molecular weight is 484 g/mol. The number of rotatable bonds is 7. The maximum absolute atomic E-state index is 6.60. The number of nitrogens with one attached hydrogen (secondary N) is 1. The molecule has 3 rings (SSSR count). The molecule has 2 aromatic rings. The van der Waals surface area contributed by atoms with Gasteiger partial charge in [-0.15, -0.1) is 24.8 Å². The second-order valence-electron chi connectivity index (χ2n) is 7.88. The van der Waals surface area contributed by atoms with E-state index in [9.17, 15) is 0 Å². The molecule has 1 aliphatic rings. The smallest absolute Gasteiger partial charge is 0.166 e. The van der Waals surface area contributed by atoms with Gasteiger partial charge < -0.3 is 19.5 Å². The molecular formula is C20H33Cl3N4OS. The predicted molar refractivity (Wildman–Crippen MR) is 131 cm³/mol. The molecule has 5 nitrogen and oxygen atoms in total. The second kappa shape index (κ2) is 11.3. The molecule has 1 unspecified atom stereocenters. The zero-order valence-electron chi connectivity index (χ0n) is 17.8. The van der Waals surface area contributed by atoms with Gasteiger partial charge in [0, 0.05) is 38.5 Å². The number of aromatic nitrogens is 2. The van der Waals surface area contributed by atoms with Gasteiger partial charge in [-0.3, -0.25) is 0 Å². The highest BCUT2D eigenvalue weighted by Crippen LogP contribution is 2.34. The fourth-order valence-corrected chi connectivity index (χ4v) is 5.08. The molecule has 1 fully saturated rings. The van der Waals surface area contributed by atoms with E-state index in [-0.39, 0.29) is 30.4 Å². The first kappa shape index (κ1) is 26.7. The van der Waals surface area contributed by atoms with Crippen LogP contribution in [0.4, 0.5) is 5.69 Å². The number of thioether (sulfide) groups is 1. The van der Waals surface area contributed by atoms with Crippen LogP contribution in [0.5, 0.6) is 0 Å². The zero-order valence-corrected chi connectivity index (χ0v) is 21.0. The number of piperazine rings is 1. The second-order valence-corrected chi connectivity index (χ2v) is 9.71. The van der Waals surface area contributed by atoms with Crippen molar-refractivity contribution in [2.24, 2.45) is 0 Å². The van der Waals surface area contributed by atoms with E-state index in [1.807, 2.05) is 6.07 Å². The number of likely N-dealkylation sites (N-methyl/N-ethyl adjacent to an activating group) is 1. The number of imidazole rings is 1. The topological polar surface area (TPSA) is 44.4 Å². The summed E-state index contributed by atoms with van der Waals surface area (Å²) in [7, 11) is 1.77. The number of nitrogens with zero attached hydrogens (tertiary/aromatic N) is 3. The van der Waals surface area contributed by atoms with Crippen LogP contribution < -0.4 is 4.90 Å². The Morgan fingerprint density at radius 2 is 1.90 bits per heavy atom. The number of benzene rings is 1. The number of H-pyrrole nitrogens is 1. The fraction of sp³-hybridized carbons (Fsp3) is 0.650. The third-order valence-electron chi connectivity index (χ3n) is 5.33. The maximum Gasteiger partial charge on any atom is 0.166 e. The van der Waals surface area contributed by atoms with Gasteiger partial charge in [0.1, 0.15) is 0 Å². The first-order valence-electron chi connectivity index (χ1n) is 9.69. The lowest BCUT2D eigenvalue weighted by Crippen LogP contribution is -2.46. The summed E-state index contributed by atoms with van der Waals surface area (Å²) in [6.45, 7) is 14.0. The minimum Gasteiger partial charge on any atom is -0.379 e. The molecule has 0 saturated carbocycles. The highest BCUT2D eigenvalue weighted by atomic mass is 35.5. The van der Waals surface area contributed by atoms with Crippen molar-refractivity contribution in [2.75, 3.05) is 44.7 Å². The highest BCUT2D eigenvalue weighted by molar-refractivity contribution is 7.99. The summed E-state index contributed by atoms with van der Waals surface area (Å²) in [6.07, 6.45) is 0.957. The molecule has 0 radical (unpaired) electrons. The lowest BCUT2D eigenvalue weighted by Gasteiger charge is -2.35. The first-order valence-corrected chi connectivity index (χ1v) is 11.0. The Morgan fingerprint density at radius 1 is 1.24 bits per heavy atom. The first-order chi connectivity index (χ1) is 12.8. The van der Waals surface area contributed by atoms with Gasteiger partial charge >= 0.3 is 0 Å². The summed E-state index contributed by atoms with van der Waals surface area (Å²) in [5.41, 5.74) is 2.94. The summed E-state index contributed by atoms with van der Waals surface area (Å²) >= 11 is 8.35. The van der Waals surface area contributed by atoms with Crippen LogP contribution in [0.1, 0.15) is 34.1 Å². The van der Waals surface area contributed by atoms with Crippen LogP contribution in [0.2, 0.25) is 5.02 Å². The van der Waals surface area contributed by atoms with Crippen molar-refractivity contribution in [2.45, 2.75) is 50.1 Å². The Balaban J connectivity index is 0.00000210. The van der Waals surface area contributed by atoms with Crippen molar-refractivity contribution in [3.63, 3.8) is 0 Å². The Morgan fingerprint density at radius 3 is 2.48 bits per heavy atom. The van der Waals surface area contributed by atoms with E-state index in [2.05, 4.69) is 48.5 Å². The van der Waals surface area contributed by atoms with E-state index >= 15 is 0 Å². The number of hydrogen-bond acceptors (Lipinski definition) is 5. The summed E-state index contributed by atoms with van der Waals surface area (Å²) < 4.78 is 5.55. The molecule has 29 heavy (non-hydrogen) atoms. The number of hydrogen-bond donors (Lipinski definition) is 1. The number of ether oxygens (including phenoxy) is 1. The molecule has 0 spiro atoms. The molecular weight excluding hydrogens is 451 g/mol. The Labute approximate surface area is 196 Å². The Bertz CT molecular complexity index is 778. The average Bonchev–Trinajstić information content (AvgIpc) is 3.01. The zero-order chi connectivity index (χ0) is 19.6. The SMILES string of the molecule is CCN1CCN(c2cc3nc(SC(C)CC(C)(C)OC)[nH]c3cc2Cl)CC1.Cl.Cl. The van der Waals surface area contributed by atoms with Crippen LogP contribution in [-0.4, -0.2) is 65.6 Å². The minimum absolute atomic E-state index is 0. The van der Waals surface area contributed by atoms with Crippen LogP contribution in [0, 0.1) is 0 Å². The normalized spacial score (nSPS) is 16.4. The molecule has 0 amide bonds. The molecule has 1 aromatic carbocycles. The van der Waals surface area contributed by atoms with Crippen LogP contribution in [-0.2, 0) is 4.74 Å². The lowest BCUT2D eigenvalue weighted by molar-refractivity contribution is 0.0162. The van der Waals surface area contributed by atoms with Gasteiger partial charge in [-0.2, -0.15) is 0 Å². The molecule has 1 aliphatic heterocycles. The lowest BCUT2D eigenvalue weighted by atomic mass is 10.0. The van der Waals surface area contributed by atoms with Gasteiger partial charge in [0.05, 0.1) is 27.3 Å². The summed E-state index contributed by atoms with van der Waals surface area (Å²) in [5.74, 6) is 0. The van der Waals surface area contributed by atoms with Crippen LogP contribution in [0.15, 0.2) is 17.3 Å². The van der Waals surface area contributed by atoms with E-state index in [0.717, 1.165) is 66.0 Å². The van der Waals surface area contributed by atoms with Gasteiger partial charge in [-0.1, -0.05) is 37.2 Å². The standard InChI is InChI=1S/C20H31ClN4OS.2ClH/c1-6-24-7-9-25(10-8-24)18-12-17-16(11-15(18)21)22-19(23-17)27-14(2)13-20(3,4)26-5;;/h11-12,14H,6-10,13H2,1-5H3,(H,22,23);2*1H. The maximum atomic E-state index is 6.60. The Kier molecular flexibility index (Phi) is 10.4. The Hall–Kier alpha value is -0.370. The molecule has 1 aromatic heterocycles. The predicted octanol–water partition coefficient (Wildman–Crippen LogP) is 5.50. The fourth-order valence-electron chi connectivity index (χ4n) is 3.61. The molecule has 9 heteroatoms. The van der Waals surface area contributed by atoms with Gasteiger partial charge in [-0.05, 0) is 38.9 Å². The van der Waals surface area contributed by atoms with Crippen molar-refractivity contribution in [1.29, 1.82) is 0 Å². The van der Waals surface area contributed by atoms with E-state index < -0.39 is 0 Å². The molecule has 0 aliphatic carbocycles. The van der Waals surface area contributed by atoms with Crippen molar-refractivity contribution in [3.05, 3.63) is 17.2 Å². The quantitative estimate of drug-likeness (QED) is 0.527. The van der Waals surface area contributed by atoms with Gasteiger partial charge in [0.2, 0.25) is 0 Å². The van der Waals surface area contributed by atoms with Gasteiger partial charge in [0.15, 0.2) is 5.16 Å². The minimum atomic E-state index is -0.129. The summed E-state index contributed by atoms with van der Waals surface area (Å²) in [5, 5.41) is 2.13. The third-order valence-corrected chi connectivity index (χ3v) is 6.62. The molecule has 1 atom stereocenters. The number of methoxy groups -OCH3 is 1. The summed E-state index contributed by atoms with van der Waals surface area (Å²) in [4.78, 5) is 13.1. The number of halogens is 3. The highest BCUT2D eigenvalue weighted by Gasteiger charge is 2.22. The number of aromatic amines is 1. The van der Waals surface area contributed by atoms with Crippen molar-refractivity contribution >= 4 is 64.9 Å². The molecule has 1 saturated heterocycles. The van der Waals surface area contributed by atoms with Crippen LogP contribution >= 0.6 is 48.2 Å². The van der Waals surface area contributed by atoms with Gasteiger partial charge in [0.25, 0.3) is 0 Å². The number of anilines is 1. The molecule has 0 bridgehead atoms. The van der Waals surface area contributed by atoms with Crippen molar-refractivity contribution in [1.82, 2.24) is 14.9 Å². The van der Waals surface area contributed by atoms with E-state index in [1.165, 1.54) is 0 Å². The third kappa shape index (κ3) is 6.81.